The SMILES string of the molecule is C.CCC(C)CC(C)CO. The van der Waals surface area contributed by atoms with Gasteiger partial charge in [-0.25, -0.2) is 0 Å². The molecule has 1 heteroatoms. The van der Waals surface area contributed by atoms with E-state index in [0.717, 1.165) is 12.3 Å². The van der Waals surface area contributed by atoms with Crippen LogP contribution in [0.15, 0.2) is 0 Å². The second-order valence-electron chi connectivity index (χ2n) is 3.04. The highest BCUT2D eigenvalue weighted by Gasteiger charge is 2.04. The van der Waals surface area contributed by atoms with Crippen molar-refractivity contribution in [3.63, 3.8) is 0 Å². The molecule has 0 aromatic rings. The topological polar surface area (TPSA) is 20.2 Å². The fourth-order valence-corrected chi connectivity index (χ4v) is 0.928. The quantitative estimate of drug-likeness (QED) is 0.646. The number of rotatable bonds is 4. The van der Waals surface area contributed by atoms with Gasteiger partial charge >= 0.3 is 0 Å². The predicted molar refractivity (Wildman–Crippen MR) is 47.1 cm³/mol. The number of hydrogen-bond acceptors (Lipinski definition) is 1. The van der Waals surface area contributed by atoms with E-state index in [0.29, 0.717) is 12.5 Å². The minimum absolute atomic E-state index is 0. The van der Waals surface area contributed by atoms with E-state index < -0.39 is 0 Å². The third-order valence-electron chi connectivity index (χ3n) is 1.81. The first-order valence-corrected chi connectivity index (χ1v) is 3.81. The summed E-state index contributed by atoms with van der Waals surface area (Å²) in [6.45, 7) is 6.84. The van der Waals surface area contributed by atoms with E-state index in [1.54, 1.807) is 0 Å². The van der Waals surface area contributed by atoms with E-state index in [1.165, 1.54) is 6.42 Å². The molecular weight excluding hydrogens is 124 g/mol. The Balaban J connectivity index is 0. The van der Waals surface area contributed by atoms with Crippen molar-refractivity contribution in [2.24, 2.45) is 11.8 Å². The van der Waals surface area contributed by atoms with Gasteiger partial charge in [-0.05, 0) is 18.3 Å². The van der Waals surface area contributed by atoms with Crippen LogP contribution in [0.4, 0.5) is 0 Å². The highest BCUT2D eigenvalue weighted by molar-refractivity contribution is 4.55. The molecule has 64 valence electrons. The summed E-state index contributed by atoms with van der Waals surface area (Å²) in [6.07, 6.45) is 2.39. The Morgan fingerprint density at radius 1 is 1.20 bits per heavy atom. The first-order chi connectivity index (χ1) is 4.20. The summed E-state index contributed by atoms with van der Waals surface area (Å²) < 4.78 is 0. The molecule has 1 N–H and O–H groups in total. The normalized spacial score (nSPS) is 15.6. The first-order valence-electron chi connectivity index (χ1n) is 3.81. The average Bonchev–Trinajstić information content (AvgIpc) is 1.87. The molecule has 10 heavy (non-hydrogen) atoms. The van der Waals surface area contributed by atoms with Crippen molar-refractivity contribution >= 4 is 0 Å². The summed E-state index contributed by atoms with van der Waals surface area (Å²) in [6, 6.07) is 0. The Morgan fingerprint density at radius 2 is 1.70 bits per heavy atom. The Morgan fingerprint density at radius 3 is 2.00 bits per heavy atom. The van der Waals surface area contributed by atoms with Gasteiger partial charge in [0.2, 0.25) is 0 Å². The molecule has 0 spiro atoms. The molecule has 0 saturated carbocycles. The van der Waals surface area contributed by atoms with Gasteiger partial charge in [0, 0.05) is 6.61 Å². The molecule has 0 radical (unpaired) electrons. The Labute approximate surface area is 65.5 Å². The molecule has 0 bridgehead atoms. The summed E-state index contributed by atoms with van der Waals surface area (Å²) in [5.41, 5.74) is 0. The van der Waals surface area contributed by atoms with Crippen LogP contribution in [-0.2, 0) is 0 Å². The lowest BCUT2D eigenvalue weighted by Gasteiger charge is -2.12. The van der Waals surface area contributed by atoms with Crippen molar-refractivity contribution in [2.75, 3.05) is 6.61 Å². The lowest BCUT2D eigenvalue weighted by atomic mass is 9.96. The molecule has 0 fully saturated rings. The Bertz CT molecular complexity index is 53.7. The summed E-state index contributed by atoms with van der Waals surface area (Å²) in [5.74, 6) is 1.26. The molecule has 0 amide bonds. The molecule has 0 rings (SSSR count). The maximum atomic E-state index is 8.68. The van der Waals surface area contributed by atoms with Gasteiger partial charge in [-0.2, -0.15) is 0 Å². The number of aliphatic hydroxyl groups is 1. The second-order valence-corrected chi connectivity index (χ2v) is 3.04. The van der Waals surface area contributed by atoms with Gasteiger partial charge in [0.25, 0.3) is 0 Å². The molecule has 0 aliphatic carbocycles. The van der Waals surface area contributed by atoms with Gasteiger partial charge in [-0.3, -0.25) is 0 Å². The van der Waals surface area contributed by atoms with Crippen molar-refractivity contribution in [3.8, 4) is 0 Å². The third kappa shape index (κ3) is 6.09. The van der Waals surface area contributed by atoms with Gasteiger partial charge in [-0.15, -0.1) is 0 Å². The Kier molecular flexibility index (Phi) is 8.92. The monoisotopic (exact) mass is 146 g/mol. The van der Waals surface area contributed by atoms with E-state index in [1.807, 2.05) is 0 Å². The van der Waals surface area contributed by atoms with Crippen LogP contribution >= 0.6 is 0 Å². The van der Waals surface area contributed by atoms with E-state index in [4.69, 9.17) is 5.11 Å². The van der Waals surface area contributed by atoms with Crippen LogP contribution < -0.4 is 0 Å². The van der Waals surface area contributed by atoms with Crippen LogP contribution in [0.25, 0.3) is 0 Å². The first kappa shape index (κ1) is 12.6. The van der Waals surface area contributed by atoms with Crippen molar-refractivity contribution in [1.29, 1.82) is 0 Å². The van der Waals surface area contributed by atoms with Gasteiger partial charge < -0.3 is 5.11 Å². The summed E-state index contributed by atoms with van der Waals surface area (Å²) in [7, 11) is 0. The largest absolute Gasteiger partial charge is 0.396 e. The van der Waals surface area contributed by atoms with Crippen LogP contribution in [0.5, 0.6) is 0 Å². The Hall–Kier alpha value is -0.0400. The van der Waals surface area contributed by atoms with Crippen molar-refractivity contribution in [3.05, 3.63) is 0 Å². The second kappa shape index (κ2) is 7.07. The van der Waals surface area contributed by atoms with Crippen molar-refractivity contribution in [2.45, 2.75) is 41.0 Å². The summed E-state index contributed by atoms with van der Waals surface area (Å²) in [4.78, 5) is 0. The van der Waals surface area contributed by atoms with Crippen molar-refractivity contribution < 1.29 is 5.11 Å². The number of hydrogen-bond donors (Lipinski definition) is 1. The number of aliphatic hydroxyl groups excluding tert-OH is 1. The van der Waals surface area contributed by atoms with Crippen LogP contribution in [-0.4, -0.2) is 11.7 Å². The highest BCUT2D eigenvalue weighted by Crippen LogP contribution is 2.13. The molecule has 0 aromatic heterocycles. The van der Waals surface area contributed by atoms with Crippen LogP contribution in [0.1, 0.15) is 41.0 Å². The lowest BCUT2D eigenvalue weighted by molar-refractivity contribution is 0.214. The molecule has 0 aromatic carbocycles. The van der Waals surface area contributed by atoms with Crippen LogP contribution in [0.2, 0.25) is 0 Å². The van der Waals surface area contributed by atoms with Crippen molar-refractivity contribution in [1.82, 2.24) is 0 Å². The zero-order valence-electron chi connectivity index (χ0n) is 6.72. The average molecular weight is 146 g/mol. The predicted octanol–water partition coefficient (Wildman–Crippen LogP) is 2.69. The maximum absolute atomic E-state index is 8.68. The highest BCUT2D eigenvalue weighted by atomic mass is 16.3. The van der Waals surface area contributed by atoms with Gasteiger partial charge in [0.1, 0.15) is 0 Å². The zero-order chi connectivity index (χ0) is 7.28. The van der Waals surface area contributed by atoms with Gasteiger partial charge in [0.05, 0.1) is 0 Å². The smallest absolute Gasteiger partial charge is 0.0456 e. The van der Waals surface area contributed by atoms with E-state index in [9.17, 15) is 0 Å². The molecule has 2 unspecified atom stereocenters. The minimum Gasteiger partial charge on any atom is -0.396 e. The fourth-order valence-electron chi connectivity index (χ4n) is 0.928. The van der Waals surface area contributed by atoms with E-state index in [-0.39, 0.29) is 7.43 Å². The van der Waals surface area contributed by atoms with Crippen LogP contribution in [0, 0.1) is 11.8 Å². The standard InChI is InChI=1S/C8H18O.CH4/c1-4-7(2)5-8(3)6-9;/h7-9H,4-6H2,1-3H3;1H4. The molecule has 0 aliphatic rings. The molecule has 0 aliphatic heterocycles. The molecule has 1 nitrogen and oxygen atoms in total. The fraction of sp³-hybridized carbons (Fsp3) is 1.00. The lowest BCUT2D eigenvalue weighted by Crippen LogP contribution is -2.05. The molecular formula is C9H22O. The summed E-state index contributed by atoms with van der Waals surface area (Å²) >= 11 is 0. The zero-order valence-corrected chi connectivity index (χ0v) is 6.72. The third-order valence-corrected chi connectivity index (χ3v) is 1.81. The van der Waals surface area contributed by atoms with Gasteiger partial charge in [-0.1, -0.05) is 34.6 Å². The van der Waals surface area contributed by atoms with E-state index in [2.05, 4.69) is 20.8 Å². The maximum Gasteiger partial charge on any atom is 0.0456 e. The molecule has 0 heterocycles. The minimum atomic E-state index is 0. The molecule has 2 atom stereocenters. The summed E-state index contributed by atoms with van der Waals surface area (Å²) in [5, 5.41) is 8.68. The van der Waals surface area contributed by atoms with E-state index >= 15 is 0 Å². The van der Waals surface area contributed by atoms with Gasteiger partial charge in [0.15, 0.2) is 0 Å². The molecule has 0 saturated heterocycles. The van der Waals surface area contributed by atoms with Crippen LogP contribution in [0.3, 0.4) is 0 Å².